The van der Waals surface area contributed by atoms with Crippen molar-refractivity contribution in [2.75, 3.05) is 37.8 Å². The number of ether oxygens (including phenoxy) is 1. The molecule has 0 aromatic heterocycles. The van der Waals surface area contributed by atoms with E-state index in [0.717, 1.165) is 6.42 Å². The molecule has 1 saturated heterocycles. The lowest BCUT2D eigenvalue weighted by atomic mass is 10.1. The molecule has 23 heavy (non-hydrogen) atoms. The van der Waals surface area contributed by atoms with E-state index in [0.29, 0.717) is 18.8 Å². The van der Waals surface area contributed by atoms with Crippen LogP contribution < -0.4 is 10.6 Å². The molecule has 1 heterocycles. The van der Waals surface area contributed by atoms with Crippen LogP contribution in [0, 0.1) is 0 Å². The molecule has 1 aromatic rings. The number of amides is 2. The first-order chi connectivity index (χ1) is 10.9. The zero-order chi connectivity index (χ0) is 16.9. The van der Waals surface area contributed by atoms with Gasteiger partial charge in [0.1, 0.15) is 0 Å². The number of carbonyl (C=O) groups excluding carboxylic acids is 1. The number of morpholine rings is 1. The first-order valence-electron chi connectivity index (χ1n) is 7.59. The van der Waals surface area contributed by atoms with Crippen LogP contribution in [0.25, 0.3) is 0 Å². The second-order valence-electron chi connectivity index (χ2n) is 5.50. The van der Waals surface area contributed by atoms with Gasteiger partial charge in [0, 0.05) is 25.3 Å². The standard InChI is InChI=1S/C15H23N3O4S/c1-3-12-4-6-13(7-5-12)17-15(19)16-10-14-11-18(8-9-22-14)23(2,20)21/h4-7,14H,3,8-11H2,1-2H3,(H2,16,17,19). The van der Waals surface area contributed by atoms with Gasteiger partial charge in [0.25, 0.3) is 0 Å². The summed E-state index contributed by atoms with van der Waals surface area (Å²) in [6.45, 7) is 3.26. The number of rotatable bonds is 5. The minimum Gasteiger partial charge on any atom is -0.374 e. The van der Waals surface area contributed by atoms with Crippen molar-refractivity contribution in [3.8, 4) is 0 Å². The topological polar surface area (TPSA) is 87.7 Å². The van der Waals surface area contributed by atoms with Crippen molar-refractivity contribution in [2.24, 2.45) is 0 Å². The number of hydrogen-bond acceptors (Lipinski definition) is 4. The van der Waals surface area contributed by atoms with Gasteiger partial charge < -0.3 is 15.4 Å². The second-order valence-corrected chi connectivity index (χ2v) is 7.48. The van der Waals surface area contributed by atoms with E-state index in [-0.39, 0.29) is 25.2 Å². The molecule has 128 valence electrons. The van der Waals surface area contributed by atoms with Crippen molar-refractivity contribution in [3.63, 3.8) is 0 Å². The van der Waals surface area contributed by atoms with Crippen molar-refractivity contribution < 1.29 is 17.9 Å². The van der Waals surface area contributed by atoms with E-state index < -0.39 is 10.0 Å². The summed E-state index contributed by atoms with van der Waals surface area (Å²) in [7, 11) is -3.23. The molecule has 7 nitrogen and oxygen atoms in total. The zero-order valence-electron chi connectivity index (χ0n) is 13.4. The molecule has 1 fully saturated rings. The largest absolute Gasteiger partial charge is 0.374 e. The Morgan fingerprint density at radius 1 is 1.35 bits per heavy atom. The van der Waals surface area contributed by atoms with Gasteiger partial charge in [-0.2, -0.15) is 4.31 Å². The fraction of sp³-hybridized carbons (Fsp3) is 0.533. The summed E-state index contributed by atoms with van der Waals surface area (Å²) in [6.07, 6.45) is 1.78. The molecule has 1 atom stereocenters. The van der Waals surface area contributed by atoms with E-state index in [9.17, 15) is 13.2 Å². The van der Waals surface area contributed by atoms with Gasteiger partial charge in [0.05, 0.1) is 19.0 Å². The maximum atomic E-state index is 11.9. The number of carbonyl (C=O) groups is 1. The van der Waals surface area contributed by atoms with Gasteiger partial charge in [0.15, 0.2) is 0 Å². The van der Waals surface area contributed by atoms with Crippen LogP contribution in [-0.4, -0.2) is 57.4 Å². The third kappa shape index (κ3) is 5.49. The Labute approximate surface area is 137 Å². The Hall–Kier alpha value is -1.64. The summed E-state index contributed by atoms with van der Waals surface area (Å²) in [6, 6.07) is 7.28. The van der Waals surface area contributed by atoms with E-state index in [1.165, 1.54) is 16.1 Å². The van der Waals surface area contributed by atoms with E-state index in [4.69, 9.17) is 4.74 Å². The molecule has 0 radical (unpaired) electrons. The second kappa shape index (κ2) is 7.76. The molecule has 1 aliphatic rings. The lowest BCUT2D eigenvalue weighted by Crippen LogP contribution is -2.49. The number of nitrogens with zero attached hydrogens (tertiary/aromatic N) is 1. The maximum absolute atomic E-state index is 11.9. The minimum atomic E-state index is -3.23. The highest BCUT2D eigenvalue weighted by Gasteiger charge is 2.26. The molecule has 2 rings (SSSR count). The Balaban J connectivity index is 1.79. The van der Waals surface area contributed by atoms with E-state index in [2.05, 4.69) is 17.6 Å². The molecule has 0 bridgehead atoms. The van der Waals surface area contributed by atoms with Gasteiger partial charge in [-0.05, 0) is 24.1 Å². The van der Waals surface area contributed by atoms with Gasteiger partial charge in [0.2, 0.25) is 10.0 Å². The van der Waals surface area contributed by atoms with Crippen molar-refractivity contribution >= 4 is 21.7 Å². The molecule has 2 N–H and O–H groups in total. The molecule has 8 heteroatoms. The van der Waals surface area contributed by atoms with E-state index in [1.807, 2.05) is 24.3 Å². The highest BCUT2D eigenvalue weighted by Crippen LogP contribution is 2.10. The van der Waals surface area contributed by atoms with Crippen LogP contribution in [0.3, 0.4) is 0 Å². The predicted molar refractivity (Wildman–Crippen MR) is 89.0 cm³/mol. The van der Waals surface area contributed by atoms with Crippen LogP contribution in [0.2, 0.25) is 0 Å². The Morgan fingerprint density at radius 3 is 2.65 bits per heavy atom. The van der Waals surface area contributed by atoms with Gasteiger partial charge in [-0.1, -0.05) is 19.1 Å². The van der Waals surface area contributed by atoms with Crippen LogP contribution in [0.15, 0.2) is 24.3 Å². The lowest BCUT2D eigenvalue weighted by Gasteiger charge is -2.31. The maximum Gasteiger partial charge on any atom is 0.319 e. The average molecular weight is 341 g/mol. The minimum absolute atomic E-state index is 0.254. The highest BCUT2D eigenvalue weighted by atomic mass is 32.2. The smallest absolute Gasteiger partial charge is 0.319 e. The Morgan fingerprint density at radius 2 is 2.04 bits per heavy atom. The van der Waals surface area contributed by atoms with Gasteiger partial charge in [-0.25, -0.2) is 13.2 Å². The summed E-state index contributed by atoms with van der Waals surface area (Å²) in [5, 5.41) is 5.44. The van der Waals surface area contributed by atoms with Crippen LogP contribution in [0.4, 0.5) is 10.5 Å². The molecule has 2 amide bonds. The summed E-state index contributed by atoms with van der Waals surface area (Å²) in [4.78, 5) is 11.9. The van der Waals surface area contributed by atoms with Crippen LogP contribution >= 0.6 is 0 Å². The van der Waals surface area contributed by atoms with Gasteiger partial charge in [-0.15, -0.1) is 0 Å². The van der Waals surface area contributed by atoms with Crippen molar-refractivity contribution in [1.82, 2.24) is 9.62 Å². The predicted octanol–water partition coefficient (Wildman–Crippen LogP) is 1.03. The quantitative estimate of drug-likeness (QED) is 0.837. The van der Waals surface area contributed by atoms with Crippen molar-refractivity contribution in [3.05, 3.63) is 29.8 Å². The molecule has 0 saturated carbocycles. The van der Waals surface area contributed by atoms with Crippen LogP contribution in [-0.2, 0) is 21.2 Å². The lowest BCUT2D eigenvalue weighted by molar-refractivity contribution is 0.00167. The SMILES string of the molecule is CCc1ccc(NC(=O)NCC2CN(S(C)(=O)=O)CCO2)cc1. The summed E-state index contributed by atoms with van der Waals surface area (Å²) >= 11 is 0. The zero-order valence-corrected chi connectivity index (χ0v) is 14.2. The van der Waals surface area contributed by atoms with E-state index in [1.54, 1.807) is 0 Å². The monoisotopic (exact) mass is 341 g/mol. The first-order valence-corrected chi connectivity index (χ1v) is 9.44. The number of benzene rings is 1. The summed E-state index contributed by atoms with van der Waals surface area (Å²) < 4.78 is 29.9. The van der Waals surface area contributed by atoms with E-state index >= 15 is 0 Å². The van der Waals surface area contributed by atoms with Gasteiger partial charge >= 0.3 is 6.03 Å². The number of urea groups is 1. The van der Waals surface area contributed by atoms with Gasteiger partial charge in [-0.3, -0.25) is 0 Å². The fourth-order valence-electron chi connectivity index (χ4n) is 2.32. The van der Waals surface area contributed by atoms with Crippen LogP contribution in [0.5, 0.6) is 0 Å². The highest BCUT2D eigenvalue weighted by molar-refractivity contribution is 7.88. The number of hydrogen-bond donors (Lipinski definition) is 2. The third-order valence-corrected chi connectivity index (χ3v) is 4.95. The number of nitrogens with one attached hydrogen (secondary N) is 2. The first kappa shape index (κ1) is 17.7. The number of sulfonamides is 1. The molecule has 0 aliphatic carbocycles. The van der Waals surface area contributed by atoms with Crippen molar-refractivity contribution in [2.45, 2.75) is 19.4 Å². The summed E-state index contributed by atoms with van der Waals surface area (Å²) in [5.74, 6) is 0. The Kier molecular flexibility index (Phi) is 5.97. The average Bonchev–Trinajstić information content (AvgIpc) is 2.53. The normalized spacial score (nSPS) is 19.3. The molecular formula is C15H23N3O4S. The van der Waals surface area contributed by atoms with Crippen LogP contribution in [0.1, 0.15) is 12.5 Å². The fourth-order valence-corrected chi connectivity index (χ4v) is 3.17. The van der Waals surface area contributed by atoms with Crippen molar-refractivity contribution in [1.29, 1.82) is 0 Å². The third-order valence-electron chi connectivity index (χ3n) is 3.68. The molecule has 0 spiro atoms. The molecule has 1 aliphatic heterocycles. The summed E-state index contributed by atoms with van der Waals surface area (Å²) in [5.41, 5.74) is 1.91. The number of aryl methyl sites for hydroxylation is 1. The molecule has 1 aromatic carbocycles. The molecular weight excluding hydrogens is 318 g/mol. The number of anilines is 1. The molecule has 1 unspecified atom stereocenters. The Bertz CT molecular complexity index is 631.